The lowest BCUT2D eigenvalue weighted by Crippen LogP contribution is -2.26. The van der Waals surface area contributed by atoms with Gasteiger partial charge in [-0.2, -0.15) is 10.2 Å². The Balaban J connectivity index is 1.42. The maximum atomic E-state index is 12.2. The molecular weight excluding hydrogens is 358 g/mol. The molecular formula is C20H25N5O3. The van der Waals surface area contributed by atoms with Gasteiger partial charge in [0.05, 0.1) is 12.8 Å². The van der Waals surface area contributed by atoms with Crippen LogP contribution in [0, 0.1) is 13.8 Å². The van der Waals surface area contributed by atoms with Gasteiger partial charge in [-0.1, -0.05) is 0 Å². The smallest absolute Gasteiger partial charge is 0.271 e. The summed E-state index contributed by atoms with van der Waals surface area (Å²) < 4.78 is 14.3. The van der Waals surface area contributed by atoms with Crippen LogP contribution < -0.4 is 14.8 Å². The van der Waals surface area contributed by atoms with Gasteiger partial charge >= 0.3 is 0 Å². The number of nitrogens with one attached hydrogen (secondary N) is 1. The van der Waals surface area contributed by atoms with Crippen molar-refractivity contribution in [1.29, 1.82) is 0 Å². The van der Waals surface area contributed by atoms with Crippen molar-refractivity contribution in [2.24, 2.45) is 0 Å². The van der Waals surface area contributed by atoms with E-state index < -0.39 is 0 Å². The predicted molar refractivity (Wildman–Crippen MR) is 105 cm³/mol. The average Bonchev–Trinajstić information content (AvgIpc) is 3.30. The predicted octanol–water partition coefficient (Wildman–Crippen LogP) is 2.56. The lowest BCUT2D eigenvalue weighted by Gasteiger charge is -2.07. The normalized spacial score (nSPS) is 10.7. The number of ether oxygens (including phenoxy) is 2. The topological polar surface area (TPSA) is 83.2 Å². The summed E-state index contributed by atoms with van der Waals surface area (Å²) in [4.78, 5) is 12.2. The van der Waals surface area contributed by atoms with Crippen LogP contribution in [0.3, 0.4) is 0 Å². The molecule has 28 heavy (non-hydrogen) atoms. The molecule has 8 nitrogen and oxygen atoms in total. The van der Waals surface area contributed by atoms with Gasteiger partial charge in [-0.05, 0) is 56.7 Å². The molecule has 1 aromatic carbocycles. The van der Waals surface area contributed by atoms with E-state index in [1.54, 1.807) is 24.1 Å². The Bertz CT molecular complexity index is 914. The summed E-state index contributed by atoms with van der Waals surface area (Å²) in [5.74, 6) is 1.27. The summed E-state index contributed by atoms with van der Waals surface area (Å²) in [6, 6.07) is 11.0. The highest BCUT2D eigenvalue weighted by Gasteiger charge is 2.09. The number of hydrogen-bond donors (Lipinski definition) is 1. The number of rotatable bonds is 9. The number of aryl methyl sites for hydroxylation is 3. The molecule has 3 rings (SSSR count). The SMILES string of the molecule is COc1ccc(OCn2ccc(C(=O)NCCCn3nc(C)cc3C)n2)cc1. The van der Waals surface area contributed by atoms with E-state index in [1.165, 1.54) is 0 Å². The maximum Gasteiger partial charge on any atom is 0.271 e. The second kappa shape index (κ2) is 9.07. The van der Waals surface area contributed by atoms with Crippen molar-refractivity contribution in [3.63, 3.8) is 0 Å². The fourth-order valence-electron chi connectivity index (χ4n) is 2.79. The molecule has 0 aliphatic carbocycles. The standard InChI is InChI=1S/C20H25N5O3/c1-15-13-16(2)25(22-15)11-4-10-21-20(26)19-9-12-24(23-19)14-28-18-7-5-17(27-3)6-8-18/h5-9,12-13H,4,10-11,14H2,1-3H3,(H,21,26). The van der Waals surface area contributed by atoms with Crippen LogP contribution in [0.1, 0.15) is 28.3 Å². The van der Waals surface area contributed by atoms with E-state index >= 15 is 0 Å². The zero-order chi connectivity index (χ0) is 19.9. The first-order valence-corrected chi connectivity index (χ1v) is 9.15. The monoisotopic (exact) mass is 383 g/mol. The Kier molecular flexibility index (Phi) is 6.31. The molecule has 0 aliphatic heterocycles. The van der Waals surface area contributed by atoms with Gasteiger partial charge in [-0.15, -0.1) is 0 Å². The van der Waals surface area contributed by atoms with Crippen molar-refractivity contribution in [1.82, 2.24) is 24.9 Å². The fraction of sp³-hybridized carbons (Fsp3) is 0.350. The van der Waals surface area contributed by atoms with E-state index in [0.29, 0.717) is 18.0 Å². The molecule has 0 aliphatic rings. The summed E-state index contributed by atoms with van der Waals surface area (Å²) in [6.07, 6.45) is 2.52. The van der Waals surface area contributed by atoms with Gasteiger partial charge in [0, 0.05) is 25.0 Å². The van der Waals surface area contributed by atoms with Gasteiger partial charge in [-0.25, -0.2) is 4.68 Å². The van der Waals surface area contributed by atoms with Gasteiger partial charge in [0.1, 0.15) is 17.2 Å². The Morgan fingerprint density at radius 1 is 1.11 bits per heavy atom. The van der Waals surface area contributed by atoms with Gasteiger partial charge in [0.25, 0.3) is 5.91 Å². The zero-order valence-electron chi connectivity index (χ0n) is 16.4. The molecule has 1 N–H and O–H groups in total. The molecule has 0 saturated carbocycles. The number of amides is 1. The number of nitrogens with zero attached hydrogens (tertiary/aromatic N) is 4. The summed E-state index contributed by atoms with van der Waals surface area (Å²) in [7, 11) is 1.62. The van der Waals surface area contributed by atoms with Crippen LogP contribution in [-0.2, 0) is 13.3 Å². The second-order valence-corrected chi connectivity index (χ2v) is 6.45. The van der Waals surface area contributed by atoms with E-state index in [1.807, 2.05) is 48.9 Å². The highest BCUT2D eigenvalue weighted by Crippen LogP contribution is 2.17. The first-order chi connectivity index (χ1) is 13.5. The molecule has 0 fully saturated rings. The van der Waals surface area contributed by atoms with Crippen LogP contribution in [-0.4, -0.2) is 39.1 Å². The molecule has 8 heteroatoms. The van der Waals surface area contributed by atoms with Crippen molar-refractivity contribution >= 4 is 5.91 Å². The third-order valence-electron chi connectivity index (χ3n) is 4.23. The number of methoxy groups -OCH3 is 1. The van der Waals surface area contributed by atoms with E-state index in [9.17, 15) is 4.79 Å². The molecule has 0 bridgehead atoms. The number of carbonyl (C=O) groups is 1. The van der Waals surface area contributed by atoms with Crippen LogP contribution in [0.15, 0.2) is 42.6 Å². The second-order valence-electron chi connectivity index (χ2n) is 6.45. The summed E-state index contributed by atoms with van der Waals surface area (Å²) >= 11 is 0. The van der Waals surface area contributed by atoms with Crippen LogP contribution in [0.2, 0.25) is 0 Å². The lowest BCUT2D eigenvalue weighted by atomic mass is 10.3. The number of carbonyl (C=O) groups excluding carboxylic acids is 1. The van der Waals surface area contributed by atoms with E-state index in [-0.39, 0.29) is 12.6 Å². The summed E-state index contributed by atoms with van der Waals surface area (Å²) in [5, 5.41) is 11.5. The van der Waals surface area contributed by atoms with Gasteiger partial charge < -0.3 is 14.8 Å². The van der Waals surface area contributed by atoms with Crippen molar-refractivity contribution in [2.45, 2.75) is 33.5 Å². The third-order valence-corrected chi connectivity index (χ3v) is 4.23. The Morgan fingerprint density at radius 2 is 1.86 bits per heavy atom. The lowest BCUT2D eigenvalue weighted by molar-refractivity contribution is 0.0945. The minimum Gasteiger partial charge on any atom is -0.497 e. The largest absolute Gasteiger partial charge is 0.497 e. The quantitative estimate of drug-likeness (QED) is 0.574. The molecule has 0 atom stereocenters. The Morgan fingerprint density at radius 3 is 2.54 bits per heavy atom. The van der Waals surface area contributed by atoms with Crippen LogP contribution in [0.4, 0.5) is 0 Å². The minimum atomic E-state index is -0.198. The van der Waals surface area contributed by atoms with Crippen LogP contribution >= 0.6 is 0 Å². The zero-order valence-corrected chi connectivity index (χ0v) is 16.4. The molecule has 3 aromatic rings. The Hall–Kier alpha value is -3.29. The van der Waals surface area contributed by atoms with Crippen molar-refractivity contribution in [2.75, 3.05) is 13.7 Å². The first-order valence-electron chi connectivity index (χ1n) is 9.15. The maximum absolute atomic E-state index is 12.2. The molecule has 2 heterocycles. The Labute approximate surface area is 164 Å². The number of hydrogen-bond acceptors (Lipinski definition) is 5. The van der Waals surface area contributed by atoms with E-state index in [0.717, 1.165) is 30.1 Å². The molecule has 0 radical (unpaired) electrons. The van der Waals surface area contributed by atoms with Crippen LogP contribution in [0.5, 0.6) is 11.5 Å². The minimum absolute atomic E-state index is 0.198. The van der Waals surface area contributed by atoms with E-state index in [2.05, 4.69) is 15.5 Å². The first kappa shape index (κ1) is 19.5. The number of aromatic nitrogens is 4. The molecule has 2 aromatic heterocycles. The highest BCUT2D eigenvalue weighted by atomic mass is 16.5. The van der Waals surface area contributed by atoms with Crippen molar-refractivity contribution < 1.29 is 14.3 Å². The van der Waals surface area contributed by atoms with Gasteiger partial charge in [0.15, 0.2) is 6.73 Å². The van der Waals surface area contributed by atoms with Crippen molar-refractivity contribution in [3.8, 4) is 11.5 Å². The number of benzene rings is 1. The third kappa shape index (κ3) is 5.12. The fourth-order valence-corrected chi connectivity index (χ4v) is 2.79. The summed E-state index contributed by atoms with van der Waals surface area (Å²) in [6.45, 7) is 5.55. The molecule has 1 amide bonds. The van der Waals surface area contributed by atoms with Crippen LogP contribution in [0.25, 0.3) is 0 Å². The average molecular weight is 383 g/mol. The molecule has 0 unspecified atom stereocenters. The van der Waals surface area contributed by atoms with E-state index in [4.69, 9.17) is 9.47 Å². The summed E-state index contributed by atoms with van der Waals surface area (Å²) in [5.41, 5.74) is 2.49. The van der Waals surface area contributed by atoms with Gasteiger partial charge in [0.2, 0.25) is 0 Å². The highest BCUT2D eigenvalue weighted by molar-refractivity contribution is 5.92. The van der Waals surface area contributed by atoms with Crippen molar-refractivity contribution in [3.05, 3.63) is 59.7 Å². The molecule has 148 valence electrons. The molecule has 0 spiro atoms. The van der Waals surface area contributed by atoms with Gasteiger partial charge in [-0.3, -0.25) is 9.48 Å². The molecule has 0 saturated heterocycles.